The fourth-order valence-corrected chi connectivity index (χ4v) is 3.94. The standard InChI is InChI=1S/C15H19ClN4OS/c1-9-3-10(2)7-20(6-9)13(21)8-22-15-18-12-4-11(16)5-17-14(12)19-15/h4-5,9-10H,3,6-8H2,1-2H3,(H,17,18,19)/t9-,10-/m0/s1. The number of hydrogen-bond donors (Lipinski definition) is 1. The summed E-state index contributed by atoms with van der Waals surface area (Å²) < 4.78 is 0. The molecule has 2 aromatic rings. The van der Waals surface area contributed by atoms with Gasteiger partial charge in [0.1, 0.15) is 0 Å². The maximum absolute atomic E-state index is 12.4. The molecule has 22 heavy (non-hydrogen) atoms. The first kappa shape index (κ1) is 15.6. The number of H-pyrrole nitrogens is 1. The minimum Gasteiger partial charge on any atom is -0.341 e. The lowest BCUT2D eigenvalue weighted by atomic mass is 9.92. The van der Waals surface area contributed by atoms with Gasteiger partial charge < -0.3 is 9.88 Å². The first-order valence-electron chi connectivity index (χ1n) is 7.43. The zero-order chi connectivity index (χ0) is 15.7. The Labute approximate surface area is 138 Å². The number of aromatic nitrogens is 3. The molecule has 0 bridgehead atoms. The van der Waals surface area contributed by atoms with Crippen molar-refractivity contribution in [2.24, 2.45) is 11.8 Å². The number of piperidine rings is 1. The molecule has 0 saturated carbocycles. The first-order valence-corrected chi connectivity index (χ1v) is 8.79. The van der Waals surface area contributed by atoms with Crippen molar-refractivity contribution >= 4 is 40.4 Å². The van der Waals surface area contributed by atoms with Crippen LogP contribution >= 0.6 is 23.4 Å². The van der Waals surface area contributed by atoms with Crippen LogP contribution < -0.4 is 0 Å². The van der Waals surface area contributed by atoms with E-state index in [1.807, 2.05) is 4.90 Å². The number of fused-ring (bicyclic) bond motifs is 1. The number of pyridine rings is 1. The Balaban J connectivity index is 1.62. The zero-order valence-corrected chi connectivity index (χ0v) is 14.2. The molecule has 0 aromatic carbocycles. The fraction of sp³-hybridized carbons (Fsp3) is 0.533. The van der Waals surface area contributed by atoms with Gasteiger partial charge in [0.2, 0.25) is 5.91 Å². The normalized spacial score (nSPS) is 22.2. The van der Waals surface area contributed by atoms with E-state index in [4.69, 9.17) is 11.6 Å². The number of likely N-dealkylation sites (tertiary alicyclic amines) is 1. The number of imidazole rings is 1. The van der Waals surface area contributed by atoms with Gasteiger partial charge in [-0.25, -0.2) is 9.97 Å². The van der Waals surface area contributed by atoms with Gasteiger partial charge in [0, 0.05) is 19.3 Å². The van der Waals surface area contributed by atoms with Gasteiger partial charge in [0.25, 0.3) is 0 Å². The Bertz CT molecular complexity index is 679. The molecule has 2 aromatic heterocycles. The monoisotopic (exact) mass is 338 g/mol. The van der Waals surface area contributed by atoms with Crippen molar-refractivity contribution in [1.82, 2.24) is 19.9 Å². The van der Waals surface area contributed by atoms with Crippen LogP contribution in [0.5, 0.6) is 0 Å². The van der Waals surface area contributed by atoms with Crippen molar-refractivity contribution in [2.75, 3.05) is 18.8 Å². The van der Waals surface area contributed by atoms with Crippen molar-refractivity contribution in [3.05, 3.63) is 17.3 Å². The van der Waals surface area contributed by atoms with Crippen LogP contribution in [-0.4, -0.2) is 44.6 Å². The summed E-state index contributed by atoms with van der Waals surface area (Å²) in [6.07, 6.45) is 2.77. The molecule has 118 valence electrons. The highest BCUT2D eigenvalue weighted by Gasteiger charge is 2.25. The maximum atomic E-state index is 12.4. The van der Waals surface area contributed by atoms with E-state index in [0.717, 1.165) is 18.6 Å². The minimum atomic E-state index is 0.176. The Morgan fingerprint density at radius 1 is 1.45 bits per heavy atom. The number of amides is 1. The van der Waals surface area contributed by atoms with Crippen molar-refractivity contribution in [2.45, 2.75) is 25.4 Å². The van der Waals surface area contributed by atoms with Gasteiger partial charge in [-0.15, -0.1) is 0 Å². The number of hydrogen-bond acceptors (Lipinski definition) is 4. The van der Waals surface area contributed by atoms with Gasteiger partial charge in [-0.2, -0.15) is 0 Å². The number of nitrogens with one attached hydrogen (secondary N) is 1. The van der Waals surface area contributed by atoms with Crippen LogP contribution in [0.4, 0.5) is 0 Å². The van der Waals surface area contributed by atoms with Gasteiger partial charge in [0.15, 0.2) is 10.8 Å². The topological polar surface area (TPSA) is 61.9 Å². The molecule has 1 amide bonds. The molecule has 0 spiro atoms. The number of aromatic amines is 1. The van der Waals surface area contributed by atoms with E-state index in [-0.39, 0.29) is 5.91 Å². The Kier molecular flexibility index (Phi) is 4.59. The van der Waals surface area contributed by atoms with Gasteiger partial charge in [-0.05, 0) is 24.3 Å². The smallest absolute Gasteiger partial charge is 0.233 e. The summed E-state index contributed by atoms with van der Waals surface area (Å²) in [5.41, 5.74) is 1.42. The highest BCUT2D eigenvalue weighted by molar-refractivity contribution is 7.99. The van der Waals surface area contributed by atoms with Gasteiger partial charge in [0.05, 0.1) is 16.3 Å². The largest absolute Gasteiger partial charge is 0.341 e. The maximum Gasteiger partial charge on any atom is 0.233 e. The van der Waals surface area contributed by atoms with E-state index >= 15 is 0 Å². The van der Waals surface area contributed by atoms with Crippen molar-refractivity contribution in [3.8, 4) is 0 Å². The highest BCUT2D eigenvalue weighted by atomic mass is 35.5. The number of carbonyl (C=O) groups excluding carboxylic acids is 1. The average molecular weight is 339 g/mol. The van der Waals surface area contributed by atoms with E-state index in [1.165, 1.54) is 18.2 Å². The SMILES string of the molecule is C[C@H]1C[C@H](C)CN(C(=O)CSc2nc3ncc(Cl)cc3[nH]2)C1. The fourth-order valence-electron chi connectivity index (χ4n) is 3.01. The van der Waals surface area contributed by atoms with Crippen molar-refractivity contribution in [3.63, 3.8) is 0 Å². The molecule has 1 aliphatic heterocycles. The second-order valence-corrected chi connectivity index (χ2v) is 7.50. The molecule has 0 aliphatic carbocycles. The van der Waals surface area contributed by atoms with Gasteiger partial charge in [-0.1, -0.05) is 37.2 Å². The van der Waals surface area contributed by atoms with Crippen LogP contribution in [0.1, 0.15) is 20.3 Å². The van der Waals surface area contributed by atoms with E-state index < -0.39 is 0 Å². The third kappa shape index (κ3) is 3.55. The third-order valence-electron chi connectivity index (χ3n) is 3.84. The van der Waals surface area contributed by atoms with Crippen LogP contribution in [0, 0.1) is 11.8 Å². The molecule has 7 heteroatoms. The molecule has 1 saturated heterocycles. The summed E-state index contributed by atoms with van der Waals surface area (Å²) in [7, 11) is 0. The van der Waals surface area contributed by atoms with Crippen LogP contribution in [-0.2, 0) is 4.79 Å². The molecule has 5 nitrogen and oxygen atoms in total. The van der Waals surface area contributed by atoms with Crippen LogP contribution in [0.15, 0.2) is 17.4 Å². The number of thioether (sulfide) groups is 1. The van der Waals surface area contributed by atoms with Crippen molar-refractivity contribution in [1.29, 1.82) is 0 Å². The number of halogens is 1. The molecule has 2 atom stereocenters. The predicted molar refractivity (Wildman–Crippen MR) is 89.1 cm³/mol. The summed E-state index contributed by atoms with van der Waals surface area (Å²) in [5.74, 6) is 1.73. The Hall–Kier alpha value is -1.27. The molecule has 3 heterocycles. The molecule has 1 N–H and O–H groups in total. The molecular formula is C15H19ClN4OS. The molecule has 3 rings (SSSR count). The summed E-state index contributed by atoms with van der Waals surface area (Å²) in [6, 6.07) is 1.79. The number of nitrogens with zero attached hydrogens (tertiary/aromatic N) is 3. The van der Waals surface area contributed by atoms with Crippen LogP contribution in [0.25, 0.3) is 11.2 Å². The second-order valence-electron chi connectivity index (χ2n) is 6.10. The summed E-state index contributed by atoms with van der Waals surface area (Å²) in [4.78, 5) is 26.0. The Morgan fingerprint density at radius 3 is 2.91 bits per heavy atom. The number of rotatable bonds is 3. The van der Waals surface area contributed by atoms with Crippen molar-refractivity contribution < 1.29 is 4.79 Å². The quantitative estimate of drug-likeness (QED) is 0.873. The van der Waals surface area contributed by atoms with Gasteiger partial charge in [-0.3, -0.25) is 4.79 Å². The molecule has 0 radical (unpaired) electrons. The van der Waals surface area contributed by atoms with E-state index in [2.05, 4.69) is 28.8 Å². The number of carbonyl (C=O) groups is 1. The summed E-state index contributed by atoms with van der Waals surface area (Å²) in [6.45, 7) is 6.14. The lowest BCUT2D eigenvalue weighted by Gasteiger charge is -2.34. The summed E-state index contributed by atoms with van der Waals surface area (Å²) >= 11 is 7.32. The zero-order valence-electron chi connectivity index (χ0n) is 12.7. The van der Waals surface area contributed by atoms with E-state index in [0.29, 0.717) is 33.4 Å². The average Bonchev–Trinajstić information content (AvgIpc) is 2.85. The minimum absolute atomic E-state index is 0.176. The lowest BCUT2D eigenvalue weighted by Crippen LogP contribution is -2.43. The van der Waals surface area contributed by atoms with Crippen LogP contribution in [0.3, 0.4) is 0 Å². The van der Waals surface area contributed by atoms with E-state index in [9.17, 15) is 4.79 Å². The molecule has 0 unspecified atom stereocenters. The first-order chi connectivity index (χ1) is 10.5. The molecule has 1 fully saturated rings. The predicted octanol–water partition coefficient (Wildman–Crippen LogP) is 3.21. The molecule has 1 aliphatic rings. The van der Waals surface area contributed by atoms with Gasteiger partial charge >= 0.3 is 0 Å². The lowest BCUT2D eigenvalue weighted by molar-refractivity contribution is -0.130. The van der Waals surface area contributed by atoms with Crippen LogP contribution in [0.2, 0.25) is 5.02 Å². The second kappa shape index (κ2) is 6.46. The highest BCUT2D eigenvalue weighted by Crippen LogP contribution is 2.24. The summed E-state index contributed by atoms with van der Waals surface area (Å²) in [5, 5.41) is 1.27. The van der Waals surface area contributed by atoms with E-state index in [1.54, 1.807) is 12.3 Å². The Morgan fingerprint density at radius 2 is 2.18 bits per heavy atom. The third-order valence-corrected chi connectivity index (χ3v) is 4.90. The molecular weight excluding hydrogens is 320 g/mol.